The van der Waals surface area contributed by atoms with E-state index in [1.807, 2.05) is 61.5 Å². The molecule has 142 valence electrons. The molecule has 3 rings (SSSR count). The molecule has 0 saturated carbocycles. The first-order valence-electron chi connectivity index (χ1n) is 8.70. The van der Waals surface area contributed by atoms with Crippen LogP contribution in [0.25, 0.3) is 0 Å². The fourth-order valence-electron chi connectivity index (χ4n) is 2.80. The minimum atomic E-state index is -0.595. The van der Waals surface area contributed by atoms with Crippen LogP contribution in [0.15, 0.2) is 77.7 Å². The van der Waals surface area contributed by atoms with Crippen molar-refractivity contribution in [2.24, 2.45) is 0 Å². The summed E-state index contributed by atoms with van der Waals surface area (Å²) in [6, 6.07) is 19.2. The average molecular weight is 377 g/mol. The van der Waals surface area contributed by atoms with Gasteiger partial charge in [0.25, 0.3) is 11.2 Å². The molecule has 1 amide bonds. The summed E-state index contributed by atoms with van der Waals surface area (Å²) in [6.07, 6.45) is 1.09. The molecular formula is C21H19N3O4. The van der Waals surface area contributed by atoms with Crippen molar-refractivity contribution in [1.82, 2.24) is 4.57 Å². The van der Waals surface area contributed by atoms with Gasteiger partial charge in [-0.15, -0.1) is 0 Å². The van der Waals surface area contributed by atoms with Crippen molar-refractivity contribution in [2.45, 2.75) is 20.0 Å². The second-order valence-electron chi connectivity index (χ2n) is 6.41. The lowest BCUT2D eigenvalue weighted by Gasteiger charge is -2.23. The molecule has 7 heteroatoms. The number of amides is 1. The van der Waals surface area contributed by atoms with Crippen LogP contribution in [0.2, 0.25) is 0 Å². The molecule has 0 spiro atoms. The zero-order valence-corrected chi connectivity index (χ0v) is 15.3. The van der Waals surface area contributed by atoms with Crippen molar-refractivity contribution < 1.29 is 9.72 Å². The van der Waals surface area contributed by atoms with Crippen molar-refractivity contribution in [3.8, 4) is 0 Å². The summed E-state index contributed by atoms with van der Waals surface area (Å²) < 4.78 is 1.06. The minimum absolute atomic E-state index is 0.239. The highest BCUT2D eigenvalue weighted by Gasteiger charge is 2.18. The lowest BCUT2D eigenvalue weighted by Crippen LogP contribution is -2.36. The summed E-state index contributed by atoms with van der Waals surface area (Å²) in [5.41, 5.74) is 1.98. The van der Waals surface area contributed by atoms with Crippen LogP contribution < -0.4 is 10.5 Å². The second kappa shape index (κ2) is 8.30. The molecule has 0 N–H and O–H groups in total. The predicted molar refractivity (Wildman–Crippen MR) is 106 cm³/mol. The Morgan fingerprint density at radius 3 is 2.36 bits per heavy atom. The molecule has 0 fully saturated rings. The molecular weight excluding hydrogens is 358 g/mol. The largest absolute Gasteiger partial charge is 0.306 e. The highest BCUT2D eigenvalue weighted by Crippen LogP contribution is 2.19. The van der Waals surface area contributed by atoms with Crippen molar-refractivity contribution >= 4 is 17.3 Å². The molecule has 0 aliphatic carbocycles. The second-order valence-corrected chi connectivity index (χ2v) is 6.41. The molecule has 7 nitrogen and oxygen atoms in total. The van der Waals surface area contributed by atoms with Gasteiger partial charge in [-0.05, 0) is 24.6 Å². The Hall–Kier alpha value is -3.74. The van der Waals surface area contributed by atoms with Gasteiger partial charge < -0.3 is 4.90 Å². The van der Waals surface area contributed by atoms with Gasteiger partial charge in [0, 0.05) is 17.8 Å². The summed E-state index contributed by atoms with van der Waals surface area (Å²) in [4.78, 5) is 37.0. The standard InChI is InChI=1S/C21H19N3O4/c1-16-7-9-18(10-8-16)23(13-17-5-3-2-4-6-17)21(26)15-22-14-19(24(27)28)11-12-20(22)25/h2-12,14H,13,15H2,1H3. The number of aryl methyl sites for hydroxylation is 1. The maximum absolute atomic E-state index is 13.0. The van der Waals surface area contributed by atoms with Crippen LogP contribution in [0.3, 0.4) is 0 Å². The van der Waals surface area contributed by atoms with Gasteiger partial charge in [-0.1, -0.05) is 48.0 Å². The Morgan fingerprint density at radius 1 is 1.04 bits per heavy atom. The maximum atomic E-state index is 13.0. The number of hydrogen-bond acceptors (Lipinski definition) is 4. The summed E-state index contributed by atoms with van der Waals surface area (Å²) in [5, 5.41) is 11.0. The molecule has 0 aliphatic heterocycles. The van der Waals surface area contributed by atoms with E-state index in [1.54, 1.807) is 4.90 Å². The molecule has 1 heterocycles. The normalized spacial score (nSPS) is 10.5. The van der Waals surface area contributed by atoms with E-state index in [-0.39, 0.29) is 18.1 Å². The van der Waals surface area contributed by atoms with E-state index in [2.05, 4.69) is 0 Å². The number of carbonyl (C=O) groups excluding carboxylic acids is 1. The fourth-order valence-corrected chi connectivity index (χ4v) is 2.80. The Balaban J connectivity index is 1.92. The highest BCUT2D eigenvalue weighted by atomic mass is 16.6. The number of carbonyl (C=O) groups is 1. The molecule has 3 aromatic rings. The van der Waals surface area contributed by atoms with Gasteiger partial charge in [0.1, 0.15) is 6.54 Å². The average Bonchev–Trinajstić information content (AvgIpc) is 2.69. The number of hydrogen-bond donors (Lipinski definition) is 0. The van der Waals surface area contributed by atoms with E-state index < -0.39 is 10.5 Å². The van der Waals surface area contributed by atoms with Gasteiger partial charge in [-0.25, -0.2) is 0 Å². The highest BCUT2D eigenvalue weighted by molar-refractivity contribution is 5.93. The molecule has 2 aromatic carbocycles. The van der Waals surface area contributed by atoms with Gasteiger partial charge in [-0.2, -0.15) is 0 Å². The van der Waals surface area contributed by atoms with Crippen LogP contribution in [-0.4, -0.2) is 15.4 Å². The van der Waals surface area contributed by atoms with Crippen molar-refractivity contribution in [2.75, 3.05) is 4.90 Å². The third kappa shape index (κ3) is 4.50. The third-order valence-electron chi connectivity index (χ3n) is 4.31. The van der Waals surface area contributed by atoms with Crippen molar-refractivity contribution in [3.05, 3.63) is 105 Å². The van der Waals surface area contributed by atoms with Gasteiger partial charge >= 0.3 is 0 Å². The van der Waals surface area contributed by atoms with Crippen LogP contribution in [0.4, 0.5) is 11.4 Å². The van der Waals surface area contributed by atoms with E-state index in [0.29, 0.717) is 12.2 Å². The Morgan fingerprint density at radius 2 is 1.71 bits per heavy atom. The lowest BCUT2D eigenvalue weighted by atomic mass is 10.1. The smallest absolute Gasteiger partial charge is 0.285 e. The van der Waals surface area contributed by atoms with Crippen LogP contribution in [0.5, 0.6) is 0 Å². The molecule has 28 heavy (non-hydrogen) atoms. The molecule has 0 bridgehead atoms. The van der Waals surface area contributed by atoms with Gasteiger partial charge in [-0.3, -0.25) is 24.3 Å². The number of nitro groups is 1. The Bertz CT molecular complexity index is 1040. The van der Waals surface area contributed by atoms with Crippen LogP contribution in [-0.2, 0) is 17.9 Å². The molecule has 0 atom stereocenters. The topological polar surface area (TPSA) is 85.4 Å². The summed E-state index contributed by atoms with van der Waals surface area (Å²) in [5.74, 6) is -0.338. The first-order valence-corrected chi connectivity index (χ1v) is 8.70. The summed E-state index contributed by atoms with van der Waals surface area (Å²) in [7, 11) is 0. The number of nitrogens with zero attached hydrogens (tertiary/aromatic N) is 3. The zero-order chi connectivity index (χ0) is 20.1. The lowest BCUT2D eigenvalue weighted by molar-refractivity contribution is -0.385. The molecule has 1 aromatic heterocycles. The Kier molecular flexibility index (Phi) is 5.64. The first kappa shape index (κ1) is 19.0. The number of rotatable bonds is 6. The van der Waals surface area contributed by atoms with E-state index >= 15 is 0 Å². The van der Waals surface area contributed by atoms with E-state index in [4.69, 9.17) is 0 Å². The van der Waals surface area contributed by atoms with E-state index in [0.717, 1.165) is 34.0 Å². The predicted octanol–water partition coefficient (Wildman–Crippen LogP) is 3.30. The van der Waals surface area contributed by atoms with Gasteiger partial charge in [0.15, 0.2) is 0 Å². The van der Waals surface area contributed by atoms with Crippen LogP contribution >= 0.6 is 0 Å². The van der Waals surface area contributed by atoms with Gasteiger partial charge in [0.2, 0.25) is 5.91 Å². The van der Waals surface area contributed by atoms with E-state index in [1.165, 1.54) is 0 Å². The van der Waals surface area contributed by atoms with Crippen LogP contribution in [0.1, 0.15) is 11.1 Å². The van der Waals surface area contributed by atoms with E-state index in [9.17, 15) is 19.7 Å². The maximum Gasteiger partial charge on any atom is 0.285 e. The van der Waals surface area contributed by atoms with Crippen molar-refractivity contribution in [1.29, 1.82) is 0 Å². The summed E-state index contributed by atoms with van der Waals surface area (Å²) in [6.45, 7) is 1.99. The number of anilines is 1. The minimum Gasteiger partial charge on any atom is -0.306 e. The van der Waals surface area contributed by atoms with Crippen LogP contribution in [0, 0.1) is 17.0 Å². The SMILES string of the molecule is Cc1ccc(N(Cc2ccccc2)C(=O)Cn2cc([N+](=O)[O-])ccc2=O)cc1. The molecule has 0 radical (unpaired) electrons. The monoisotopic (exact) mass is 377 g/mol. The molecule has 0 aliphatic rings. The number of aromatic nitrogens is 1. The molecule has 0 unspecified atom stereocenters. The fraction of sp³-hybridized carbons (Fsp3) is 0.143. The first-order chi connectivity index (χ1) is 13.4. The molecule has 0 saturated heterocycles. The van der Waals surface area contributed by atoms with Gasteiger partial charge in [0.05, 0.1) is 17.7 Å². The zero-order valence-electron chi connectivity index (χ0n) is 15.3. The summed E-state index contributed by atoms with van der Waals surface area (Å²) >= 11 is 0. The van der Waals surface area contributed by atoms with Crippen molar-refractivity contribution in [3.63, 3.8) is 0 Å². The number of benzene rings is 2. The Labute approximate surface area is 161 Å². The quantitative estimate of drug-likeness (QED) is 0.487. The third-order valence-corrected chi connectivity index (χ3v) is 4.31. The number of pyridine rings is 1.